The third kappa shape index (κ3) is 3.90. The van der Waals surface area contributed by atoms with Crippen molar-refractivity contribution in [3.63, 3.8) is 0 Å². The van der Waals surface area contributed by atoms with Crippen molar-refractivity contribution >= 4 is 43.5 Å². The Labute approximate surface area is 147 Å². The molecule has 0 saturated heterocycles. The Balaban J connectivity index is 2.19. The Bertz CT molecular complexity index is 681. The summed E-state index contributed by atoms with van der Waals surface area (Å²) in [4.78, 5) is 12.3. The summed E-state index contributed by atoms with van der Waals surface area (Å²) in [7, 11) is 0. The summed E-state index contributed by atoms with van der Waals surface area (Å²) in [5.41, 5.74) is 2.43. The average molecular weight is 427 g/mol. The number of halogens is 2. The van der Waals surface area contributed by atoms with E-state index in [1.165, 1.54) is 5.56 Å². The summed E-state index contributed by atoms with van der Waals surface area (Å²) in [6, 6.07) is 10.9. The maximum Gasteiger partial charge on any atom is 0.255 e. The van der Waals surface area contributed by atoms with Crippen molar-refractivity contribution in [2.24, 2.45) is 0 Å². The number of phenolic OH excluding ortho intramolecular Hbond substituents is 1. The highest BCUT2D eigenvalue weighted by molar-refractivity contribution is 9.11. The lowest BCUT2D eigenvalue weighted by atomic mass is 9.87. The molecule has 0 spiro atoms. The summed E-state index contributed by atoms with van der Waals surface area (Å²) in [5.74, 6) is -0.0857. The lowest BCUT2D eigenvalue weighted by Crippen LogP contribution is -2.14. The van der Waals surface area contributed by atoms with E-state index >= 15 is 0 Å². The molecule has 0 saturated carbocycles. The summed E-state index contributed by atoms with van der Waals surface area (Å²) in [6.45, 7) is 6.40. The molecule has 22 heavy (non-hydrogen) atoms. The van der Waals surface area contributed by atoms with E-state index in [0.29, 0.717) is 20.2 Å². The van der Waals surface area contributed by atoms with Crippen LogP contribution in [0.4, 0.5) is 5.69 Å². The number of carbonyl (C=O) groups excluding carboxylic acids is 1. The van der Waals surface area contributed by atoms with Crippen LogP contribution in [0.25, 0.3) is 0 Å². The van der Waals surface area contributed by atoms with Crippen molar-refractivity contribution in [2.75, 3.05) is 5.32 Å². The Morgan fingerprint density at radius 3 is 2.00 bits per heavy atom. The van der Waals surface area contributed by atoms with E-state index in [1.807, 2.05) is 24.3 Å². The van der Waals surface area contributed by atoms with E-state index in [1.54, 1.807) is 12.1 Å². The van der Waals surface area contributed by atoms with Gasteiger partial charge in [0.15, 0.2) is 0 Å². The van der Waals surface area contributed by atoms with Gasteiger partial charge in [0.2, 0.25) is 0 Å². The number of hydrogen-bond acceptors (Lipinski definition) is 2. The van der Waals surface area contributed by atoms with Gasteiger partial charge in [-0.15, -0.1) is 0 Å². The van der Waals surface area contributed by atoms with Crippen LogP contribution in [0.5, 0.6) is 5.75 Å². The van der Waals surface area contributed by atoms with Crippen LogP contribution in [0.15, 0.2) is 45.3 Å². The normalized spacial score (nSPS) is 11.3. The van der Waals surface area contributed by atoms with Gasteiger partial charge in [0.25, 0.3) is 5.91 Å². The summed E-state index contributed by atoms with van der Waals surface area (Å²) in [6.07, 6.45) is 0. The maximum absolute atomic E-state index is 12.3. The van der Waals surface area contributed by atoms with Gasteiger partial charge in [-0.1, -0.05) is 32.9 Å². The fourth-order valence-corrected chi connectivity index (χ4v) is 3.15. The first kappa shape index (κ1) is 17.0. The van der Waals surface area contributed by atoms with Crippen LogP contribution < -0.4 is 5.32 Å². The molecule has 5 heteroatoms. The Kier molecular flexibility index (Phi) is 4.97. The van der Waals surface area contributed by atoms with Crippen molar-refractivity contribution in [3.8, 4) is 5.75 Å². The molecule has 0 aliphatic heterocycles. The van der Waals surface area contributed by atoms with E-state index in [9.17, 15) is 9.90 Å². The van der Waals surface area contributed by atoms with Crippen molar-refractivity contribution in [2.45, 2.75) is 26.2 Å². The zero-order chi connectivity index (χ0) is 16.5. The fraction of sp³-hybridized carbons (Fsp3) is 0.235. The lowest BCUT2D eigenvalue weighted by molar-refractivity contribution is 0.102. The molecule has 1 amide bonds. The highest BCUT2D eigenvalue weighted by atomic mass is 79.9. The van der Waals surface area contributed by atoms with Crippen LogP contribution in [0, 0.1) is 0 Å². The molecule has 0 unspecified atom stereocenters. The van der Waals surface area contributed by atoms with Gasteiger partial charge in [-0.2, -0.15) is 0 Å². The second kappa shape index (κ2) is 6.42. The second-order valence-corrected chi connectivity index (χ2v) is 7.78. The quantitative estimate of drug-likeness (QED) is 0.625. The molecule has 2 aromatic rings. The molecule has 0 bridgehead atoms. The number of nitrogens with one attached hydrogen (secondary N) is 1. The largest absolute Gasteiger partial charge is 0.506 e. The van der Waals surface area contributed by atoms with E-state index in [2.05, 4.69) is 57.9 Å². The highest BCUT2D eigenvalue weighted by Gasteiger charge is 2.15. The molecule has 2 aromatic carbocycles. The number of aromatic hydroxyl groups is 1. The Hall–Kier alpha value is -1.33. The third-order valence-corrected chi connectivity index (χ3v) is 4.50. The van der Waals surface area contributed by atoms with Crippen molar-refractivity contribution in [1.29, 1.82) is 0 Å². The molecule has 0 radical (unpaired) electrons. The van der Waals surface area contributed by atoms with Gasteiger partial charge >= 0.3 is 0 Å². The molecule has 0 heterocycles. The van der Waals surface area contributed by atoms with Crippen LogP contribution in [0.3, 0.4) is 0 Å². The first-order chi connectivity index (χ1) is 10.2. The first-order valence-corrected chi connectivity index (χ1v) is 8.37. The fourth-order valence-electron chi connectivity index (χ4n) is 1.96. The van der Waals surface area contributed by atoms with E-state index in [0.717, 1.165) is 0 Å². The standard InChI is InChI=1S/C17H17Br2NO2/c1-17(2,3)11-6-4-10(5-7-11)16(22)20-12-8-13(18)15(21)14(19)9-12/h4-9,21H,1-3H3,(H,20,22). The molecule has 0 atom stereocenters. The molecule has 2 rings (SSSR count). The second-order valence-electron chi connectivity index (χ2n) is 6.07. The number of phenols is 1. The zero-order valence-corrected chi connectivity index (χ0v) is 15.7. The van der Waals surface area contributed by atoms with Crippen LogP contribution in [0.1, 0.15) is 36.7 Å². The highest BCUT2D eigenvalue weighted by Crippen LogP contribution is 2.35. The van der Waals surface area contributed by atoms with Gasteiger partial charge < -0.3 is 10.4 Å². The van der Waals surface area contributed by atoms with Gasteiger partial charge in [0.1, 0.15) is 5.75 Å². The van der Waals surface area contributed by atoms with Crippen LogP contribution in [-0.4, -0.2) is 11.0 Å². The van der Waals surface area contributed by atoms with Gasteiger partial charge in [-0.25, -0.2) is 0 Å². The Morgan fingerprint density at radius 2 is 1.55 bits per heavy atom. The lowest BCUT2D eigenvalue weighted by Gasteiger charge is -2.19. The van der Waals surface area contributed by atoms with Gasteiger partial charge in [-0.3, -0.25) is 4.79 Å². The van der Waals surface area contributed by atoms with Crippen molar-refractivity contribution in [1.82, 2.24) is 0 Å². The number of amides is 1. The minimum Gasteiger partial charge on any atom is -0.506 e. The molecular weight excluding hydrogens is 410 g/mol. The minimum atomic E-state index is -0.190. The summed E-state index contributed by atoms with van der Waals surface area (Å²) in [5, 5.41) is 12.5. The predicted molar refractivity (Wildman–Crippen MR) is 96.6 cm³/mol. The molecule has 0 aromatic heterocycles. The molecule has 0 aliphatic carbocycles. The third-order valence-electron chi connectivity index (χ3n) is 3.29. The first-order valence-electron chi connectivity index (χ1n) is 6.78. The van der Waals surface area contributed by atoms with Crippen LogP contribution in [-0.2, 0) is 5.41 Å². The predicted octanol–water partition coefficient (Wildman–Crippen LogP) is 5.47. The van der Waals surface area contributed by atoms with E-state index in [-0.39, 0.29) is 17.1 Å². The maximum atomic E-state index is 12.3. The van der Waals surface area contributed by atoms with Gasteiger partial charge in [0, 0.05) is 11.3 Å². The topological polar surface area (TPSA) is 49.3 Å². The van der Waals surface area contributed by atoms with Crippen molar-refractivity contribution in [3.05, 3.63) is 56.5 Å². The molecule has 0 aliphatic rings. The SMILES string of the molecule is CC(C)(C)c1ccc(C(=O)Nc2cc(Br)c(O)c(Br)c2)cc1. The monoisotopic (exact) mass is 425 g/mol. The summed E-state index contributed by atoms with van der Waals surface area (Å²) < 4.78 is 1.03. The zero-order valence-electron chi connectivity index (χ0n) is 12.6. The van der Waals surface area contributed by atoms with Gasteiger partial charge in [0.05, 0.1) is 8.95 Å². The number of benzene rings is 2. The molecule has 116 valence electrons. The number of hydrogen-bond donors (Lipinski definition) is 2. The van der Waals surface area contributed by atoms with Crippen LogP contribution in [0.2, 0.25) is 0 Å². The summed E-state index contributed by atoms with van der Waals surface area (Å²) >= 11 is 6.49. The molecular formula is C17H17Br2NO2. The Morgan fingerprint density at radius 1 is 1.05 bits per heavy atom. The van der Waals surface area contributed by atoms with E-state index in [4.69, 9.17) is 0 Å². The van der Waals surface area contributed by atoms with Gasteiger partial charge in [-0.05, 0) is 67.1 Å². The number of rotatable bonds is 2. The van der Waals surface area contributed by atoms with Crippen LogP contribution >= 0.6 is 31.9 Å². The molecule has 3 nitrogen and oxygen atoms in total. The average Bonchev–Trinajstić information content (AvgIpc) is 2.44. The minimum absolute atomic E-state index is 0.0572. The van der Waals surface area contributed by atoms with E-state index < -0.39 is 0 Å². The van der Waals surface area contributed by atoms with Crippen molar-refractivity contribution < 1.29 is 9.90 Å². The molecule has 0 fully saturated rings. The smallest absolute Gasteiger partial charge is 0.255 e. The number of carbonyl (C=O) groups is 1. The molecule has 2 N–H and O–H groups in total. The number of anilines is 1.